The van der Waals surface area contributed by atoms with Gasteiger partial charge in [0.25, 0.3) is 5.91 Å². The van der Waals surface area contributed by atoms with E-state index in [0.717, 1.165) is 49.0 Å². The molecule has 1 saturated carbocycles. The Balaban J connectivity index is 1.71. The number of unbranched alkanes of at least 4 members (excludes halogenated alkanes) is 1. The molecule has 41 heavy (non-hydrogen) atoms. The molecule has 3 rings (SSSR count). The standard InChI is InChI=1S/C33H46N2O5S/c1-5-6-21-41(40)28-17-15-27(16-18-28)35-32(39)29(24-11-13-26(14-12-24)33(2,3)4)22-23-7-9-25(10-8-23)31(38)34-20-19-30(36)37/h7-10,15-18,24,26,29H,5-6,11-14,19-22H2,1-4H3,(H,34,38)(H,35,39)(H,36,37). The summed E-state index contributed by atoms with van der Waals surface area (Å²) in [7, 11) is -1.03. The van der Waals surface area contributed by atoms with Crippen molar-refractivity contribution in [3.8, 4) is 0 Å². The van der Waals surface area contributed by atoms with Crippen LogP contribution in [0.15, 0.2) is 53.4 Å². The minimum Gasteiger partial charge on any atom is -0.481 e. The van der Waals surface area contributed by atoms with Crippen LogP contribution < -0.4 is 10.6 Å². The van der Waals surface area contributed by atoms with E-state index < -0.39 is 16.8 Å². The molecule has 2 aromatic carbocycles. The zero-order valence-electron chi connectivity index (χ0n) is 24.9. The number of hydrogen-bond donors (Lipinski definition) is 3. The van der Waals surface area contributed by atoms with E-state index in [4.69, 9.17) is 5.11 Å². The Hall–Kier alpha value is -3.00. The van der Waals surface area contributed by atoms with E-state index >= 15 is 0 Å². The number of nitrogens with one attached hydrogen (secondary N) is 2. The monoisotopic (exact) mass is 582 g/mol. The van der Waals surface area contributed by atoms with Crippen LogP contribution >= 0.6 is 0 Å². The van der Waals surface area contributed by atoms with Gasteiger partial charge in [-0.15, -0.1) is 0 Å². The lowest BCUT2D eigenvalue weighted by molar-refractivity contribution is -0.136. The summed E-state index contributed by atoms with van der Waals surface area (Å²) >= 11 is 0. The Morgan fingerprint density at radius 2 is 1.61 bits per heavy atom. The molecule has 1 aliphatic carbocycles. The zero-order chi connectivity index (χ0) is 30.0. The Morgan fingerprint density at radius 3 is 2.17 bits per heavy atom. The molecule has 0 radical (unpaired) electrons. The maximum absolute atomic E-state index is 13.7. The Morgan fingerprint density at radius 1 is 0.976 bits per heavy atom. The van der Waals surface area contributed by atoms with Gasteiger partial charge in [-0.2, -0.15) is 0 Å². The molecule has 224 valence electrons. The van der Waals surface area contributed by atoms with Gasteiger partial charge in [-0.1, -0.05) is 46.2 Å². The maximum atomic E-state index is 13.7. The van der Waals surface area contributed by atoms with Crippen LogP contribution in [-0.2, 0) is 26.8 Å². The van der Waals surface area contributed by atoms with Gasteiger partial charge in [-0.25, -0.2) is 0 Å². The van der Waals surface area contributed by atoms with Gasteiger partial charge in [0, 0.05) is 34.4 Å². The van der Waals surface area contributed by atoms with Crippen molar-refractivity contribution >= 4 is 34.3 Å². The molecule has 8 heteroatoms. The number of carboxylic acids is 1. The average molecular weight is 583 g/mol. The summed E-state index contributed by atoms with van der Waals surface area (Å²) < 4.78 is 12.5. The van der Waals surface area contributed by atoms with E-state index in [1.54, 1.807) is 12.1 Å². The van der Waals surface area contributed by atoms with Crippen molar-refractivity contribution in [2.24, 2.45) is 23.2 Å². The Kier molecular flexibility index (Phi) is 12.1. The van der Waals surface area contributed by atoms with Crippen molar-refractivity contribution in [2.75, 3.05) is 17.6 Å². The second-order valence-corrected chi connectivity index (χ2v) is 13.9. The summed E-state index contributed by atoms with van der Waals surface area (Å²) in [5.41, 5.74) is 2.39. The number of carboxylic acid groups (broad SMARTS) is 1. The maximum Gasteiger partial charge on any atom is 0.305 e. The van der Waals surface area contributed by atoms with Crippen LogP contribution in [0.4, 0.5) is 5.69 Å². The SMILES string of the molecule is CCCCS(=O)c1ccc(NC(=O)C(Cc2ccc(C(=O)NCCC(=O)O)cc2)C2CCC(C(C)(C)C)CC2)cc1. The fourth-order valence-corrected chi connectivity index (χ4v) is 6.84. The highest BCUT2D eigenvalue weighted by atomic mass is 32.2. The summed E-state index contributed by atoms with van der Waals surface area (Å²) in [6.07, 6.45) is 6.56. The average Bonchev–Trinajstić information content (AvgIpc) is 2.94. The first-order valence-electron chi connectivity index (χ1n) is 14.9. The van der Waals surface area contributed by atoms with E-state index in [1.165, 1.54) is 0 Å². The largest absolute Gasteiger partial charge is 0.481 e. The van der Waals surface area contributed by atoms with Gasteiger partial charge in [0.2, 0.25) is 5.91 Å². The number of anilines is 1. The van der Waals surface area contributed by atoms with Crippen molar-refractivity contribution in [1.29, 1.82) is 0 Å². The van der Waals surface area contributed by atoms with Gasteiger partial charge in [-0.3, -0.25) is 18.6 Å². The van der Waals surface area contributed by atoms with Crippen molar-refractivity contribution in [3.05, 3.63) is 59.7 Å². The Labute approximate surface area is 247 Å². The molecule has 1 aliphatic rings. The lowest BCUT2D eigenvalue weighted by Gasteiger charge is -2.39. The van der Waals surface area contributed by atoms with Crippen LogP contribution in [0.25, 0.3) is 0 Å². The molecule has 0 saturated heterocycles. The molecule has 1 fully saturated rings. The first-order valence-corrected chi connectivity index (χ1v) is 16.2. The molecule has 0 aliphatic heterocycles. The third-order valence-electron chi connectivity index (χ3n) is 8.27. The number of aliphatic carboxylic acids is 1. The van der Waals surface area contributed by atoms with E-state index in [-0.39, 0.29) is 42.0 Å². The molecule has 2 aromatic rings. The first kappa shape index (κ1) is 32.5. The van der Waals surface area contributed by atoms with E-state index in [1.807, 2.05) is 36.4 Å². The number of rotatable bonds is 13. The van der Waals surface area contributed by atoms with E-state index in [9.17, 15) is 18.6 Å². The topological polar surface area (TPSA) is 113 Å². The number of hydrogen-bond acceptors (Lipinski definition) is 4. The van der Waals surface area contributed by atoms with Crippen LogP contribution in [0.2, 0.25) is 0 Å². The highest BCUT2D eigenvalue weighted by Gasteiger charge is 2.35. The summed E-state index contributed by atoms with van der Waals surface area (Å²) in [5, 5.41) is 14.5. The van der Waals surface area contributed by atoms with Crippen LogP contribution in [0, 0.1) is 23.2 Å². The first-order chi connectivity index (χ1) is 19.5. The summed E-state index contributed by atoms with van der Waals surface area (Å²) in [6.45, 7) is 9.03. The molecule has 2 amide bonds. The number of amides is 2. The van der Waals surface area contributed by atoms with Gasteiger partial charge >= 0.3 is 5.97 Å². The molecule has 2 unspecified atom stereocenters. The minimum atomic E-state index is -1.03. The smallest absolute Gasteiger partial charge is 0.305 e. The van der Waals surface area contributed by atoms with Crippen LogP contribution in [0.5, 0.6) is 0 Å². The van der Waals surface area contributed by atoms with Crippen LogP contribution in [0.1, 0.15) is 88.6 Å². The quantitative estimate of drug-likeness (QED) is 0.251. The van der Waals surface area contributed by atoms with Crippen molar-refractivity contribution in [1.82, 2.24) is 5.32 Å². The number of carbonyl (C=O) groups excluding carboxylic acids is 2. The highest BCUT2D eigenvalue weighted by Crippen LogP contribution is 2.42. The summed E-state index contributed by atoms with van der Waals surface area (Å²) in [6, 6.07) is 14.6. The van der Waals surface area contributed by atoms with Gasteiger partial charge < -0.3 is 15.7 Å². The molecule has 0 bridgehead atoms. The molecule has 0 aromatic heterocycles. The Bertz CT molecular complexity index is 1180. The minimum absolute atomic E-state index is 0.0143. The van der Waals surface area contributed by atoms with E-state index in [0.29, 0.717) is 29.3 Å². The molecule has 0 spiro atoms. The molecular formula is C33H46N2O5S. The predicted octanol–water partition coefficient (Wildman–Crippen LogP) is 6.45. The van der Waals surface area contributed by atoms with Gasteiger partial charge in [0.15, 0.2) is 0 Å². The van der Waals surface area contributed by atoms with E-state index in [2.05, 4.69) is 38.3 Å². The molecule has 3 N–H and O–H groups in total. The van der Waals surface area contributed by atoms with Crippen molar-refractivity contribution in [2.45, 2.75) is 84.0 Å². The fraction of sp³-hybridized carbons (Fsp3) is 0.545. The normalized spacial score (nSPS) is 18.7. The summed E-state index contributed by atoms with van der Waals surface area (Å²) in [5.74, 6) is 0.0377. The summed E-state index contributed by atoms with van der Waals surface area (Å²) in [4.78, 5) is 37.6. The van der Waals surface area contributed by atoms with Gasteiger partial charge in [0.05, 0.1) is 17.2 Å². The molecule has 0 heterocycles. The lowest BCUT2D eigenvalue weighted by atomic mass is 9.66. The fourth-order valence-electron chi connectivity index (χ4n) is 5.61. The predicted molar refractivity (Wildman–Crippen MR) is 164 cm³/mol. The highest BCUT2D eigenvalue weighted by molar-refractivity contribution is 7.85. The van der Waals surface area contributed by atoms with Crippen molar-refractivity contribution in [3.63, 3.8) is 0 Å². The zero-order valence-corrected chi connectivity index (χ0v) is 25.7. The molecule has 2 atom stereocenters. The van der Waals surface area contributed by atoms with Crippen LogP contribution in [-0.4, -0.2) is 39.4 Å². The van der Waals surface area contributed by atoms with Crippen LogP contribution in [0.3, 0.4) is 0 Å². The van der Waals surface area contributed by atoms with Gasteiger partial charge in [0.1, 0.15) is 0 Å². The van der Waals surface area contributed by atoms with Gasteiger partial charge in [-0.05, 0) is 97.7 Å². The molecular weight excluding hydrogens is 536 g/mol. The number of carbonyl (C=O) groups is 3. The molecule has 7 nitrogen and oxygen atoms in total. The second kappa shape index (κ2) is 15.3. The third kappa shape index (κ3) is 10.1. The van der Waals surface area contributed by atoms with Crippen molar-refractivity contribution < 1.29 is 23.7 Å². The lowest BCUT2D eigenvalue weighted by Crippen LogP contribution is -2.35. The second-order valence-electron chi connectivity index (χ2n) is 12.3. The third-order valence-corrected chi connectivity index (χ3v) is 9.72. The number of benzene rings is 2.